The summed E-state index contributed by atoms with van der Waals surface area (Å²) < 4.78 is 32.4. The number of aromatic nitrogens is 2. The number of H-pyrrole nitrogens is 1. The summed E-state index contributed by atoms with van der Waals surface area (Å²) in [6.45, 7) is 4.97. The second kappa shape index (κ2) is 5.58. The van der Waals surface area contributed by atoms with Crippen molar-refractivity contribution >= 4 is 10.0 Å². The highest BCUT2D eigenvalue weighted by Gasteiger charge is 2.36. The van der Waals surface area contributed by atoms with Crippen LogP contribution in [0.3, 0.4) is 0 Å². The predicted molar refractivity (Wildman–Crippen MR) is 70.0 cm³/mol. The van der Waals surface area contributed by atoms with Crippen molar-refractivity contribution in [1.82, 2.24) is 14.5 Å². The summed E-state index contributed by atoms with van der Waals surface area (Å²) in [5.41, 5.74) is 6.48. The molecule has 1 aromatic heterocycles. The summed E-state index contributed by atoms with van der Waals surface area (Å²) in [5.74, 6) is 0. The number of nitrogens with one attached hydrogen (secondary N) is 1. The van der Waals surface area contributed by atoms with Crippen molar-refractivity contribution in [1.29, 1.82) is 0 Å². The zero-order valence-corrected chi connectivity index (χ0v) is 12.0. The molecule has 1 aliphatic heterocycles. The number of nitrogens with two attached hydrogens (primary N) is 1. The molecule has 1 fully saturated rings. The Morgan fingerprint density at radius 2 is 2.32 bits per heavy atom. The van der Waals surface area contributed by atoms with Gasteiger partial charge in [-0.25, -0.2) is 8.42 Å². The van der Waals surface area contributed by atoms with Crippen LogP contribution in [-0.2, 0) is 21.3 Å². The third kappa shape index (κ3) is 2.53. The molecule has 1 aliphatic rings. The number of nitrogens with zero attached hydrogens (tertiary/aromatic N) is 2. The minimum Gasteiger partial charge on any atom is -0.378 e. The van der Waals surface area contributed by atoms with Crippen molar-refractivity contribution in [2.75, 3.05) is 19.8 Å². The third-order valence-electron chi connectivity index (χ3n) is 3.37. The standard InChI is InChI=1S/C11H20N4O3S/c1-3-9-7-18-5-4-15(9)19(16,17)11-8(2)13-14-10(11)6-12/h9H,3-7,12H2,1-2H3,(H,13,14). The van der Waals surface area contributed by atoms with Gasteiger partial charge >= 0.3 is 0 Å². The minimum atomic E-state index is -3.57. The lowest BCUT2D eigenvalue weighted by Crippen LogP contribution is -2.48. The van der Waals surface area contributed by atoms with Gasteiger partial charge in [-0.2, -0.15) is 9.40 Å². The number of rotatable bonds is 4. The number of sulfonamides is 1. The maximum absolute atomic E-state index is 12.8. The van der Waals surface area contributed by atoms with Gasteiger partial charge in [0.25, 0.3) is 0 Å². The molecule has 19 heavy (non-hydrogen) atoms. The van der Waals surface area contributed by atoms with Crippen LogP contribution in [0.4, 0.5) is 0 Å². The molecule has 0 spiro atoms. The lowest BCUT2D eigenvalue weighted by molar-refractivity contribution is 0.0314. The Kier molecular flexibility index (Phi) is 4.24. The van der Waals surface area contributed by atoms with Crippen LogP contribution in [0.25, 0.3) is 0 Å². The Balaban J connectivity index is 2.43. The van der Waals surface area contributed by atoms with Crippen LogP contribution in [0.2, 0.25) is 0 Å². The van der Waals surface area contributed by atoms with Gasteiger partial charge in [0.05, 0.1) is 24.6 Å². The van der Waals surface area contributed by atoms with E-state index in [1.54, 1.807) is 6.92 Å². The van der Waals surface area contributed by atoms with E-state index in [1.807, 2.05) is 6.92 Å². The molecule has 7 nitrogen and oxygen atoms in total. The molecule has 0 amide bonds. The number of ether oxygens (including phenoxy) is 1. The fourth-order valence-corrected chi connectivity index (χ4v) is 4.36. The maximum Gasteiger partial charge on any atom is 0.247 e. The Morgan fingerprint density at radius 1 is 1.58 bits per heavy atom. The van der Waals surface area contributed by atoms with Gasteiger partial charge in [-0.1, -0.05) is 6.92 Å². The van der Waals surface area contributed by atoms with Gasteiger partial charge in [0.2, 0.25) is 10.0 Å². The first-order valence-electron chi connectivity index (χ1n) is 6.35. The molecule has 108 valence electrons. The van der Waals surface area contributed by atoms with Crippen LogP contribution >= 0.6 is 0 Å². The van der Waals surface area contributed by atoms with E-state index >= 15 is 0 Å². The first-order chi connectivity index (χ1) is 9.02. The normalized spacial score (nSPS) is 21.7. The van der Waals surface area contributed by atoms with Crippen molar-refractivity contribution < 1.29 is 13.2 Å². The molecule has 0 saturated carbocycles. The number of aromatic amines is 1. The molecule has 2 rings (SSSR count). The van der Waals surface area contributed by atoms with Gasteiger partial charge in [0, 0.05) is 19.1 Å². The number of aryl methyl sites for hydroxylation is 1. The molecular formula is C11H20N4O3S. The van der Waals surface area contributed by atoms with Crippen molar-refractivity contribution in [3.8, 4) is 0 Å². The lowest BCUT2D eigenvalue weighted by atomic mass is 10.2. The van der Waals surface area contributed by atoms with Gasteiger partial charge in [-0.3, -0.25) is 5.10 Å². The predicted octanol–water partition coefficient (Wildman–Crippen LogP) is -0.0237. The molecule has 1 unspecified atom stereocenters. The molecule has 1 saturated heterocycles. The van der Waals surface area contributed by atoms with Crippen LogP contribution < -0.4 is 5.73 Å². The molecule has 8 heteroatoms. The molecule has 0 radical (unpaired) electrons. The summed E-state index contributed by atoms with van der Waals surface area (Å²) in [4.78, 5) is 0.218. The van der Waals surface area contributed by atoms with Crippen molar-refractivity contribution in [3.05, 3.63) is 11.4 Å². The smallest absolute Gasteiger partial charge is 0.247 e. The van der Waals surface area contributed by atoms with Crippen LogP contribution in [0, 0.1) is 6.92 Å². The Labute approximate surface area is 113 Å². The second-order valence-corrected chi connectivity index (χ2v) is 6.41. The Hall–Kier alpha value is -0.960. The highest BCUT2D eigenvalue weighted by Crippen LogP contribution is 2.26. The zero-order chi connectivity index (χ0) is 14.0. The Bertz CT molecular complexity index is 540. The van der Waals surface area contributed by atoms with E-state index in [0.717, 1.165) is 0 Å². The molecule has 1 atom stereocenters. The van der Waals surface area contributed by atoms with Gasteiger partial charge < -0.3 is 10.5 Å². The lowest BCUT2D eigenvalue weighted by Gasteiger charge is -2.34. The first kappa shape index (κ1) is 14.4. The summed E-state index contributed by atoms with van der Waals surface area (Å²) in [6, 6.07) is -0.126. The highest BCUT2D eigenvalue weighted by molar-refractivity contribution is 7.89. The highest BCUT2D eigenvalue weighted by atomic mass is 32.2. The van der Waals surface area contributed by atoms with E-state index in [9.17, 15) is 8.42 Å². The summed E-state index contributed by atoms with van der Waals surface area (Å²) >= 11 is 0. The van der Waals surface area contributed by atoms with Gasteiger partial charge in [-0.05, 0) is 13.3 Å². The zero-order valence-electron chi connectivity index (χ0n) is 11.2. The van der Waals surface area contributed by atoms with Gasteiger partial charge in [0.1, 0.15) is 4.90 Å². The molecular weight excluding hydrogens is 268 g/mol. The second-order valence-electron chi connectivity index (χ2n) is 4.58. The Morgan fingerprint density at radius 3 is 2.95 bits per heavy atom. The molecule has 2 heterocycles. The molecule has 0 aliphatic carbocycles. The topological polar surface area (TPSA) is 101 Å². The van der Waals surface area contributed by atoms with Crippen LogP contribution in [-0.4, -0.2) is 48.7 Å². The van der Waals surface area contributed by atoms with Gasteiger partial charge in [-0.15, -0.1) is 0 Å². The van der Waals surface area contributed by atoms with Crippen molar-refractivity contribution in [3.63, 3.8) is 0 Å². The van der Waals surface area contributed by atoms with Crippen molar-refractivity contribution in [2.24, 2.45) is 5.73 Å². The summed E-state index contributed by atoms with van der Waals surface area (Å²) in [5, 5.41) is 6.66. The van der Waals surface area contributed by atoms with Crippen LogP contribution in [0.1, 0.15) is 24.7 Å². The first-order valence-corrected chi connectivity index (χ1v) is 7.79. The SMILES string of the molecule is CCC1COCCN1S(=O)(=O)c1c(CN)n[nH]c1C. The average molecular weight is 288 g/mol. The third-order valence-corrected chi connectivity index (χ3v) is 5.52. The number of morpholine rings is 1. The van der Waals surface area contributed by atoms with Crippen molar-refractivity contribution in [2.45, 2.75) is 37.8 Å². The van der Waals surface area contributed by atoms with E-state index in [4.69, 9.17) is 10.5 Å². The van der Waals surface area contributed by atoms with E-state index in [0.29, 0.717) is 37.6 Å². The van der Waals surface area contributed by atoms with Gasteiger partial charge in [0.15, 0.2) is 0 Å². The molecule has 0 bridgehead atoms. The summed E-state index contributed by atoms with van der Waals surface area (Å²) in [6.07, 6.45) is 0.716. The average Bonchev–Trinajstić information content (AvgIpc) is 2.80. The van der Waals surface area contributed by atoms with E-state index in [2.05, 4.69) is 10.2 Å². The number of hydrogen-bond acceptors (Lipinski definition) is 5. The fraction of sp³-hybridized carbons (Fsp3) is 0.727. The monoisotopic (exact) mass is 288 g/mol. The van der Waals surface area contributed by atoms with E-state index < -0.39 is 10.0 Å². The van der Waals surface area contributed by atoms with Crippen LogP contribution in [0.5, 0.6) is 0 Å². The summed E-state index contributed by atoms with van der Waals surface area (Å²) in [7, 11) is -3.57. The quantitative estimate of drug-likeness (QED) is 0.810. The molecule has 1 aromatic rings. The molecule has 0 aromatic carbocycles. The minimum absolute atomic E-state index is 0.0973. The largest absolute Gasteiger partial charge is 0.378 e. The van der Waals surface area contributed by atoms with E-state index in [-0.39, 0.29) is 17.5 Å². The maximum atomic E-state index is 12.8. The van der Waals surface area contributed by atoms with E-state index in [1.165, 1.54) is 4.31 Å². The molecule has 3 N–H and O–H groups in total. The van der Waals surface area contributed by atoms with Crippen LogP contribution in [0.15, 0.2) is 4.90 Å². The fourth-order valence-electron chi connectivity index (χ4n) is 2.34. The number of hydrogen-bond donors (Lipinski definition) is 2.